The highest BCUT2D eigenvalue weighted by Crippen LogP contribution is 2.22. The molecular weight excluding hydrogens is 202 g/mol. The van der Waals surface area contributed by atoms with E-state index in [2.05, 4.69) is 11.8 Å². The number of carbonyl (C=O) groups is 1. The molecule has 0 bridgehead atoms. The third kappa shape index (κ3) is 4.12. The lowest BCUT2D eigenvalue weighted by atomic mass is 9.97. The van der Waals surface area contributed by atoms with Gasteiger partial charge in [0.2, 0.25) is 5.91 Å². The molecule has 1 aliphatic heterocycles. The van der Waals surface area contributed by atoms with Gasteiger partial charge in [-0.3, -0.25) is 4.79 Å². The first kappa shape index (κ1) is 13.5. The SMILES string of the molecule is CCCC1CCCCN1C(=O)CCC(C)O. The summed E-state index contributed by atoms with van der Waals surface area (Å²) in [6.07, 6.45) is 6.55. The second-order valence-electron chi connectivity index (χ2n) is 4.91. The molecule has 0 aliphatic carbocycles. The number of nitrogens with zero attached hydrogens (tertiary/aromatic N) is 1. The Morgan fingerprint density at radius 1 is 1.50 bits per heavy atom. The van der Waals surface area contributed by atoms with E-state index in [-0.39, 0.29) is 12.0 Å². The fourth-order valence-electron chi connectivity index (χ4n) is 2.44. The van der Waals surface area contributed by atoms with Crippen molar-refractivity contribution in [3.05, 3.63) is 0 Å². The van der Waals surface area contributed by atoms with Crippen LogP contribution in [0.3, 0.4) is 0 Å². The van der Waals surface area contributed by atoms with E-state index in [1.807, 2.05) is 0 Å². The van der Waals surface area contributed by atoms with E-state index < -0.39 is 0 Å². The zero-order valence-corrected chi connectivity index (χ0v) is 10.6. The first-order valence-corrected chi connectivity index (χ1v) is 6.62. The van der Waals surface area contributed by atoms with Crippen molar-refractivity contribution in [3.63, 3.8) is 0 Å². The van der Waals surface area contributed by atoms with Crippen LogP contribution >= 0.6 is 0 Å². The number of rotatable bonds is 5. The summed E-state index contributed by atoms with van der Waals surface area (Å²) in [7, 11) is 0. The topological polar surface area (TPSA) is 40.5 Å². The number of piperidine rings is 1. The van der Waals surface area contributed by atoms with Gasteiger partial charge in [-0.25, -0.2) is 0 Å². The Morgan fingerprint density at radius 3 is 2.88 bits per heavy atom. The minimum absolute atomic E-state index is 0.235. The summed E-state index contributed by atoms with van der Waals surface area (Å²) in [5, 5.41) is 9.20. The lowest BCUT2D eigenvalue weighted by Gasteiger charge is -2.36. The molecule has 2 atom stereocenters. The van der Waals surface area contributed by atoms with Crippen LogP contribution in [0.25, 0.3) is 0 Å². The molecule has 1 saturated heterocycles. The molecule has 1 rings (SSSR count). The van der Waals surface area contributed by atoms with Crippen LogP contribution in [0.4, 0.5) is 0 Å². The second kappa shape index (κ2) is 6.89. The van der Waals surface area contributed by atoms with E-state index >= 15 is 0 Å². The zero-order valence-electron chi connectivity index (χ0n) is 10.6. The van der Waals surface area contributed by atoms with Gasteiger partial charge >= 0.3 is 0 Å². The van der Waals surface area contributed by atoms with Gasteiger partial charge < -0.3 is 10.0 Å². The molecule has 1 amide bonds. The van der Waals surface area contributed by atoms with Gasteiger partial charge in [-0.2, -0.15) is 0 Å². The fraction of sp³-hybridized carbons (Fsp3) is 0.923. The molecule has 0 saturated carbocycles. The van der Waals surface area contributed by atoms with Crippen LogP contribution in [-0.2, 0) is 4.79 Å². The Balaban J connectivity index is 2.43. The van der Waals surface area contributed by atoms with Crippen LogP contribution in [0.5, 0.6) is 0 Å². The first-order valence-electron chi connectivity index (χ1n) is 6.62. The third-order valence-electron chi connectivity index (χ3n) is 3.35. The van der Waals surface area contributed by atoms with Crippen molar-refractivity contribution in [2.45, 2.75) is 70.9 Å². The van der Waals surface area contributed by atoms with Gasteiger partial charge in [0.1, 0.15) is 0 Å². The van der Waals surface area contributed by atoms with Gasteiger partial charge in [0.05, 0.1) is 6.10 Å². The lowest BCUT2D eigenvalue weighted by molar-refractivity contribution is -0.135. The largest absolute Gasteiger partial charge is 0.393 e. The number of amides is 1. The quantitative estimate of drug-likeness (QED) is 0.783. The van der Waals surface area contributed by atoms with Crippen LogP contribution < -0.4 is 0 Å². The fourth-order valence-corrected chi connectivity index (χ4v) is 2.44. The molecule has 0 aromatic heterocycles. The van der Waals surface area contributed by atoms with Gasteiger partial charge in [-0.05, 0) is 39.0 Å². The Kier molecular flexibility index (Phi) is 5.81. The van der Waals surface area contributed by atoms with Gasteiger partial charge in [0.25, 0.3) is 0 Å². The Bertz CT molecular complexity index is 214. The number of aliphatic hydroxyl groups excluding tert-OH is 1. The van der Waals surface area contributed by atoms with E-state index in [0.29, 0.717) is 18.9 Å². The Labute approximate surface area is 98.8 Å². The maximum Gasteiger partial charge on any atom is 0.222 e. The molecule has 1 heterocycles. The number of hydrogen-bond donors (Lipinski definition) is 1. The molecule has 2 unspecified atom stereocenters. The number of hydrogen-bond acceptors (Lipinski definition) is 2. The van der Waals surface area contributed by atoms with Crippen LogP contribution in [0.2, 0.25) is 0 Å². The van der Waals surface area contributed by atoms with E-state index in [0.717, 1.165) is 32.2 Å². The highest BCUT2D eigenvalue weighted by molar-refractivity contribution is 5.76. The van der Waals surface area contributed by atoms with Crippen molar-refractivity contribution in [3.8, 4) is 0 Å². The van der Waals surface area contributed by atoms with Gasteiger partial charge in [-0.15, -0.1) is 0 Å². The van der Waals surface area contributed by atoms with Crippen LogP contribution in [0, 0.1) is 0 Å². The third-order valence-corrected chi connectivity index (χ3v) is 3.35. The Hall–Kier alpha value is -0.570. The zero-order chi connectivity index (χ0) is 12.0. The minimum atomic E-state index is -0.363. The monoisotopic (exact) mass is 227 g/mol. The normalized spacial score (nSPS) is 23.2. The van der Waals surface area contributed by atoms with Gasteiger partial charge in [0.15, 0.2) is 0 Å². The average Bonchev–Trinajstić information content (AvgIpc) is 2.27. The standard InChI is InChI=1S/C13H25NO2/c1-3-6-12-7-4-5-10-14(12)13(16)9-8-11(2)15/h11-12,15H,3-10H2,1-2H3. The maximum absolute atomic E-state index is 12.0. The Morgan fingerprint density at radius 2 is 2.25 bits per heavy atom. The van der Waals surface area contributed by atoms with E-state index in [1.165, 1.54) is 6.42 Å². The summed E-state index contributed by atoms with van der Waals surface area (Å²) in [5.74, 6) is 0.235. The molecule has 3 heteroatoms. The highest BCUT2D eigenvalue weighted by atomic mass is 16.3. The van der Waals surface area contributed by atoms with Crippen LogP contribution in [-0.4, -0.2) is 34.6 Å². The van der Waals surface area contributed by atoms with Gasteiger partial charge in [0, 0.05) is 19.0 Å². The van der Waals surface area contributed by atoms with E-state index in [9.17, 15) is 9.90 Å². The van der Waals surface area contributed by atoms with Crippen molar-refractivity contribution in [2.75, 3.05) is 6.54 Å². The van der Waals surface area contributed by atoms with Crippen molar-refractivity contribution >= 4 is 5.91 Å². The van der Waals surface area contributed by atoms with Crippen molar-refractivity contribution in [1.82, 2.24) is 4.90 Å². The summed E-state index contributed by atoms with van der Waals surface area (Å²) < 4.78 is 0. The predicted octanol–water partition coefficient (Wildman–Crippen LogP) is 2.33. The van der Waals surface area contributed by atoms with Crippen LogP contribution in [0.1, 0.15) is 58.8 Å². The molecule has 3 nitrogen and oxygen atoms in total. The van der Waals surface area contributed by atoms with Crippen molar-refractivity contribution in [2.24, 2.45) is 0 Å². The maximum atomic E-state index is 12.0. The summed E-state index contributed by atoms with van der Waals surface area (Å²) in [6, 6.07) is 0.459. The van der Waals surface area contributed by atoms with Crippen LogP contribution in [0.15, 0.2) is 0 Å². The van der Waals surface area contributed by atoms with E-state index in [4.69, 9.17) is 0 Å². The molecule has 0 aromatic rings. The second-order valence-corrected chi connectivity index (χ2v) is 4.91. The van der Waals surface area contributed by atoms with E-state index in [1.54, 1.807) is 6.92 Å². The van der Waals surface area contributed by atoms with Gasteiger partial charge in [-0.1, -0.05) is 13.3 Å². The highest BCUT2D eigenvalue weighted by Gasteiger charge is 2.25. The first-order chi connectivity index (χ1) is 7.65. The molecule has 1 aliphatic rings. The molecule has 0 spiro atoms. The summed E-state index contributed by atoms with van der Waals surface area (Å²) >= 11 is 0. The molecule has 0 aromatic carbocycles. The number of likely N-dealkylation sites (tertiary alicyclic amines) is 1. The molecule has 0 radical (unpaired) electrons. The predicted molar refractivity (Wildman–Crippen MR) is 65.2 cm³/mol. The molecule has 1 fully saturated rings. The summed E-state index contributed by atoms with van der Waals surface area (Å²) in [6.45, 7) is 4.84. The molecule has 1 N–H and O–H groups in total. The molecular formula is C13H25NO2. The minimum Gasteiger partial charge on any atom is -0.393 e. The molecule has 16 heavy (non-hydrogen) atoms. The molecule has 94 valence electrons. The number of aliphatic hydroxyl groups is 1. The number of carbonyl (C=O) groups excluding carboxylic acids is 1. The lowest BCUT2D eigenvalue weighted by Crippen LogP contribution is -2.43. The smallest absolute Gasteiger partial charge is 0.222 e. The van der Waals surface area contributed by atoms with Crippen molar-refractivity contribution < 1.29 is 9.90 Å². The average molecular weight is 227 g/mol. The summed E-state index contributed by atoms with van der Waals surface area (Å²) in [4.78, 5) is 14.1. The summed E-state index contributed by atoms with van der Waals surface area (Å²) in [5.41, 5.74) is 0. The van der Waals surface area contributed by atoms with Crippen molar-refractivity contribution in [1.29, 1.82) is 0 Å².